The molecule has 12 heteroatoms. The molecular weight excluding hydrogens is 611 g/mol. The van der Waals surface area contributed by atoms with Crippen molar-refractivity contribution in [3.8, 4) is 10.4 Å². The lowest BCUT2D eigenvalue weighted by atomic mass is 9.82. The van der Waals surface area contributed by atoms with Gasteiger partial charge in [0, 0.05) is 36.8 Å². The third kappa shape index (κ3) is 6.51. The molecule has 10 nitrogen and oxygen atoms in total. The van der Waals surface area contributed by atoms with Crippen LogP contribution in [0.2, 0.25) is 0 Å². The Morgan fingerprint density at radius 1 is 1.00 bits per heavy atom. The normalized spacial score (nSPS) is 22.2. The molecule has 1 saturated carbocycles. The van der Waals surface area contributed by atoms with E-state index < -0.39 is 27.9 Å². The summed E-state index contributed by atoms with van der Waals surface area (Å²) in [5.41, 5.74) is 1.23. The van der Waals surface area contributed by atoms with E-state index in [1.165, 1.54) is 10.5 Å². The number of rotatable bonds is 8. The number of carboxylic acids is 1. The highest BCUT2D eigenvalue weighted by Crippen LogP contribution is 2.42. The first-order chi connectivity index (χ1) is 21.6. The van der Waals surface area contributed by atoms with Gasteiger partial charge >= 0.3 is 5.97 Å². The van der Waals surface area contributed by atoms with Crippen LogP contribution >= 0.6 is 11.3 Å². The molecule has 1 amide bonds. The number of aromatic nitrogens is 1. The number of piperazine rings is 1. The van der Waals surface area contributed by atoms with E-state index in [4.69, 9.17) is 0 Å². The molecular formula is C33H41N5O5S2. The van der Waals surface area contributed by atoms with E-state index in [0.29, 0.717) is 11.7 Å². The van der Waals surface area contributed by atoms with Crippen LogP contribution < -0.4 is 9.80 Å². The Bertz CT molecular complexity index is 1620. The quantitative estimate of drug-likeness (QED) is 0.361. The third-order valence-electron chi connectivity index (χ3n) is 9.53. The second-order valence-electron chi connectivity index (χ2n) is 12.6. The number of aromatic carboxylic acids is 1. The van der Waals surface area contributed by atoms with E-state index in [1.807, 2.05) is 30.3 Å². The lowest BCUT2D eigenvalue weighted by Crippen LogP contribution is -2.60. The highest BCUT2D eigenvalue weighted by Gasteiger charge is 2.44. The molecule has 6 rings (SSSR count). The fourth-order valence-electron chi connectivity index (χ4n) is 7.05. The van der Waals surface area contributed by atoms with Crippen molar-refractivity contribution in [1.29, 1.82) is 0 Å². The summed E-state index contributed by atoms with van der Waals surface area (Å²) in [4.78, 5) is 37.9. The highest BCUT2D eigenvalue weighted by molar-refractivity contribution is 7.89. The number of pyridine rings is 1. The molecule has 2 saturated heterocycles. The molecule has 2 aromatic heterocycles. The number of hydrogen-bond donors (Lipinski definition) is 1. The van der Waals surface area contributed by atoms with Gasteiger partial charge in [-0.3, -0.25) is 4.79 Å². The Balaban J connectivity index is 1.29. The van der Waals surface area contributed by atoms with E-state index in [9.17, 15) is 23.1 Å². The van der Waals surface area contributed by atoms with Crippen LogP contribution in [0.3, 0.4) is 0 Å². The number of piperidine rings is 1. The van der Waals surface area contributed by atoms with E-state index in [1.54, 1.807) is 23.1 Å². The van der Waals surface area contributed by atoms with Crippen LogP contribution in [0, 0.1) is 5.92 Å². The second kappa shape index (κ2) is 13.2. The predicted octanol–water partition coefficient (Wildman–Crippen LogP) is 5.03. The Morgan fingerprint density at radius 2 is 1.76 bits per heavy atom. The third-order valence-corrected chi connectivity index (χ3v) is 12.5. The number of hydrogen-bond acceptors (Lipinski definition) is 8. The summed E-state index contributed by atoms with van der Waals surface area (Å²) in [6.45, 7) is 1.45. The summed E-state index contributed by atoms with van der Waals surface area (Å²) in [5, 5.41) is 10.2. The van der Waals surface area contributed by atoms with Gasteiger partial charge in [0.2, 0.25) is 15.9 Å². The van der Waals surface area contributed by atoms with Crippen LogP contribution in [0.25, 0.3) is 10.4 Å². The first kappa shape index (κ1) is 31.7. The zero-order valence-corrected chi connectivity index (χ0v) is 27.5. The van der Waals surface area contributed by atoms with Crippen molar-refractivity contribution in [1.82, 2.24) is 14.2 Å². The standard InChI is InChI=1S/C33H41N5O5S2/c1-35(2)25-14-9-17-36(20-25)30-16-15-26(19-34-30)45(42,43)37-21-28(23-10-5-3-6-11-23)38(31(39)22-37)27-18-29(44-32(27)33(40)41)24-12-7-4-8-13-24/h4,7-8,12-13,15-16,18-19,23,25,28H,3,5-6,9-11,14,17,20-22H2,1-2H3,(H,40,41)/t25?,28-/m0/s1. The highest BCUT2D eigenvalue weighted by atomic mass is 32.2. The topological polar surface area (TPSA) is 114 Å². The van der Waals surface area contributed by atoms with E-state index in [2.05, 4.69) is 28.9 Å². The number of amides is 1. The van der Waals surface area contributed by atoms with Crippen molar-refractivity contribution in [2.75, 3.05) is 50.1 Å². The fourth-order valence-corrected chi connectivity index (χ4v) is 9.39. The maximum absolute atomic E-state index is 14.0. The number of nitrogens with zero attached hydrogens (tertiary/aromatic N) is 5. The first-order valence-corrected chi connectivity index (χ1v) is 18.0. The SMILES string of the molecule is CN(C)C1CCCN(c2ccc(S(=O)(=O)N3CC(=O)N(c4cc(-c5ccccc5)sc4C(=O)O)[C@H](C4CCCCC4)C3)cn2)C1. The molecule has 2 atom stereocenters. The minimum Gasteiger partial charge on any atom is -0.477 e. The lowest BCUT2D eigenvalue weighted by molar-refractivity contribution is -0.121. The summed E-state index contributed by atoms with van der Waals surface area (Å²) in [6.07, 6.45) is 8.38. The zero-order chi connectivity index (χ0) is 31.7. The van der Waals surface area contributed by atoms with Crippen LogP contribution in [0.5, 0.6) is 0 Å². The number of benzene rings is 1. The van der Waals surface area contributed by atoms with Crippen LogP contribution in [-0.2, 0) is 14.8 Å². The van der Waals surface area contributed by atoms with Crippen LogP contribution in [0.1, 0.15) is 54.6 Å². The van der Waals surface area contributed by atoms with Crippen molar-refractivity contribution in [3.05, 3.63) is 59.6 Å². The largest absolute Gasteiger partial charge is 0.477 e. The predicted molar refractivity (Wildman–Crippen MR) is 176 cm³/mol. The monoisotopic (exact) mass is 651 g/mol. The number of thiophene rings is 1. The Labute approximate surface area is 269 Å². The van der Waals surface area contributed by atoms with Gasteiger partial charge in [-0.05, 0) is 69.5 Å². The zero-order valence-electron chi connectivity index (χ0n) is 25.8. The van der Waals surface area contributed by atoms with Gasteiger partial charge in [-0.2, -0.15) is 4.31 Å². The molecule has 1 unspecified atom stereocenters. The molecule has 3 fully saturated rings. The van der Waals surface area contributed by atoms with Crippen molar-refractivity contribution < 1.29 is 23.1 Å². The van der Waals surface area contributed by atoms with Crippen molar-refractivity contribution in [2.45, 2.75) is 61.9 Å². The number of carbonyl (C=O) groups excluding carboxylic acids is 1. The first-order valence-electron chi connectivity index (χ1n) is 15.8. The number of sulfonamides is 1. The molecule has 0 bridgehead atoms. The van der Waals surface area contributed by atoms with Crippen molar-refractivity contribution in [2.24, 2.45) is 5.92 Å². The van der Waals surface area contributed by atoms with E-state index >= 15 is 0 Å². The fraction of sp³-hybridized carbons (Fsp3) is 0.485. The molecule has 3 aliphatic rings. The molecule has 45 heavy (non-hydrogen) atoms. The average Bonchev–Trinajstić information content (AvgIpc) is 3.51. The molecule has 1 aromatic carbocycles. The number of carbonyl (C=O) groups is 2. The smallest absolute Gasteiger partial charge is 0.348 e. The minimum atomic E-state index is -4.03. The minimum absolute atomic E-state index is 0.0594. The molecule has 240 valence electrons. The molecule has 4 heterocycles. The van der Waals surface area contributed by atoms with Crippen molar-refractivity contribution in [3.63, 3.8) is 0 Å². The van der Waals surface area contributed by atoms with Gasteiger partial charge in [0.1, 0.15) is 15.6 Å². The average molecular weight is 652 g/mol. The summed E-state index contributed by atoms with van der Waals surface area (Å²) in [5.74, 6) is -0.701. The Hall–Kier alpha value is -3.32. The molecule has 2 aliphatic heterocycles. The molecule has 0 spiro atoms. The van der Waals surface area contributed by atoms with Gasteiger partial charge < -0.3 is 19.8 Å². The van der Waals surface area contributed by atoms with Gasteiger partial charge in [-0.1, -0.05) is 49.6 Å². The summed E-state index contributed by atoms with van der Waals surface area (Å²) in [6, 6.07) is 14.6. The van der Waals surface area contributed by atoms with Gasteiger partial charge in [-0.25, -0.2) is 18.2 Å². The number of carboxylic acid groups (broad SMARTS) is 1. The van der Waals surface area contributed by atoms with Crippen LogP contribution in [0.15, 0.2) is 59.6 Å². The molecule has 1 aliphatic carbocycles. The lowest BCUT2D eigenvalue weighted by Gasteiger charge is -2.44. The number of anilines is 2. The van der Waals surface area contributed by atoms with Gasteiger partial charge in [0.05, 0.1) is 18.3 Å². The van der Waals surface area contributed by atoms with E-state index in [0.717, 1.165) is 85.6 Å². The second-order valence-corrected chi connectivity index (χ2v) is 15.6. The number of likely N-dealkylation sites (N-methyl/N-ethyl adjacent to an activating group) is 1. The maximum atomic E-state index is 14.0. The summed E-state index contributed by atoms with van der Waals surface area (Å²) < 4.78 is 29.3. The Morgan fingerprint density at radius 3 is 2.42 bits per heavy atom. The van der Waals surface area contributed by atoms with Crippen molar-refractivity contribution >= 4 is 44.7 Å². The molecule has 0 radical (unpaired) electrons. The molecule has 1 N–H and O–H groups in total. The van der Waals surface area contributed by atoms with Gasteiger partial charge in [-0.15, -0.1) is 11.3 Å². The van der Waals surface area contributed by atoms with Gasteiger partial charge in [0.15, 0.2) is 0 Å². The van der Waals surface area contributed by atoms with E-state index in [-0.39, 0.29) is 28.8 Å². The Kier molecular flexibility index (Phi) is 9.28. The van der Waals surface area contributed by atoms with Crippen LogP contribution in [-0.4, -0.2) is 91.9 Å². The summed E-state index contributed by atoms with van der Waals surface area (Å²) >= 11 is 1.14. The summed E-state index contributed by atoms with van der Waals surface area (Å²) in [7, 11) is 0.118. The maximum Gasteiger partial charge on any atom is 0.348 e. The van der Waals surface area contributed by atoms with Gasteiger partial charge in [0.25, 0.3) is 0 Å². The van der Waals surface area contributed by atoms with Crippen LogP contribution in [0.4, 0.5) is 11.5 Å². The molecule has 3 aromatic rings.